The summed E-state index contributed by atoms with van der Waals surface area (Å²) in [5, 5.41) is 0.969. The minimum absolute atomic E-state index is 0.0447. The molecule has 1 amide bonds. The monoisotopic (exact) mass is 422 g/mol. The molecule has 0 radical (unpaired) electrons. The van der Waals surface area contributed by atoms with E-state index in [4.69, 9.17) is 4.74 Å². The number of thiophene rings is 1. The van der Waals surface area contributed by atoms with Gasteiger partial charge in [-0.25, -0.2) is 0 Å². The molecule has 6 heteroatoms. The number of aromatic nitrogens is 1. The number of rotatable bonds is 5. The third kappa shape index (κ3) is 3.79. The highest BCUT2D eigenvalue weighted by Crippen LogP contribution is 2.33. The van der Waals surface area contributed by atoms with Crippen LogP contribution in [-0.4, -0.2) is 41.4 Å². The lowest BCUT2D eigenvalue weighted by atomic mass is 9.88. The Balaban J connectivity index is 1.47. The van der Waals surface area contributed by atoms with Gasteiger partial charge in [-0.2, -0.15) is 0 Å². The van der Waals surface area contributed by atoms with Crippen LogP contribution in [0.4, 0.5) is 0 Å². The molecule has 2 aromatic heterocycles. The van der Waals surface area contributed by atoms with Crippen molar-refractivity contribution >= 4 is 23.0 Å². The maximum absolute atomic E-state index is 13.4. The lowest BCUT2D eigenvalue weighted by Crippen LogP contribution is -2.40. The van der Waals surface area contributed by atoms with Gasteiger partial charge in [0, 0.05) is 41.8 Å². The van der Waals surface area contributed by atoms with Gasteiger partial charge in [-0.15, -0.1) is 11.3 Å². The molecule has 1 saturated heterocycles. The van der Waals surface area contributed by atoms with Crippen molar-refractivity contribution in [3.63, 3.8) is 0 Å². The Morgan fingerprint density at radius 2 is 1.67 bits per heavy atom. The number of ether oxygens (including phenoxy) is 1. The molecule has 1 aromatic carbocycles. The smallest absolute Gasteiger partial charge is 0.257 e. The van der Waals surface area contributed by atoms with Crippen molar-refractivity contribution in [3.05, 3.63) is 70.4 Å². The predicted molar refractivity (Wildman–Crippen MR) is 119 cm³/mol. The molecule has 0 aliphatic carbocycles. The van der Waals surface area contributed by atoms with Crippen LogP contribution in [0.3, 0.4) is 0 Å². The summed E-state index contributed by atoms with van der Waals surface area (Å²) in [6.45, 7) is 5.28. The second-order valence-electron chi connectivity index (χ2n) is 7.71. The topological polar surface area (TPSA) is 51.5 Å². The second kappa shape index (κ2) is 8.48. The number of amides is 1. The first-order valence-electron chi connectivity index (χ1n) is 10.2. The van der Waals surface area contributed by atoms with E-state index in [0.717, 1.165) is 26.8 Å². The minimum Gasteiger partial charge on any atom is -0.497 e. The lowest BCUT2D eigenvalue weighted by molar-refractivity contribution is 0.0650. The van der Waals surface area contributed by atoms with E-state index in [2.05, 4.69) is 6.92 Å². The average Bonchev–Trinajstić information content (AvgIpc) is 3.41. The molecule has 0 bridgehead atoms. The van der Waals surface area contributed by atoms with Crippen LogP contribution in [0.1, 0.15) is 44.0 Å². The number of piperidine rings is 1. The molecule has 5 nitrogen and oxygen atoms in total. The van der Waals surface area contributed by atoms with Crippen LogP contribution in [0, 0.1) is 19.8 Å². The third-order valence-electron chi connectivity index (χ3n) is 5.95. The van der Waals surface area contributed by atoms with Crippen LogP contribution in [0.15, 0.2) is 48.8 Å². The number of hydrogen-bond donors (Lipinski definition) is 0. The van der Waals surface area contributed by atoms with Gasteiger partial charge in [0.05, 0.1) is 12.7 Å². The predicted octanol–water partition coefficient (Wildman–Crippen LogP) is 4.90. The van der Waals surface area contributed by atoms with E-state index in [1.54, 1.807) is 18.4 Å². The van der Waals surface area contributed by atoms with Crippen LogP contribution >= 0.6 is 11.3 Å². The Morgan fingerprint density at radius 3 is 2.27 bits per heavy atom. The Kier molecular flexibility index (Phi) is 5.77. The third-order valence-corrected chi connectivity index (χ3v) is 7.17. The van der Waals surface area contributed by atoms with Crippen molar-refractivity contribution in [1.82, 2.24) is 9.47 Å². The molecule has 1 fully saturated rings. The summed E-state index contributed by atoms with van der Waals surface area (Å²) in [4.78, 5) is 29.3. The quantitative estimate of drug-likeness (QED) is 0.550. The average molecular weight is 423 g/mol. The highest BCUT2D eigenvalue weighted by molar-refractivity contribution is 7.15. The number of ketones is 1. The molecule has 4 rings (SSSR count). The molecular formula is C24H26N2O3S. The largest absolute Gasteiger partial charge is 0.497 e. The molecule has 0 N–H and O–H groups in total. The molecular weight excluding hydrogens is 396 g/mol. The van der Waals surface area contributed by atoms with E-state index in [-0.39, 0.29) is 17.6 Å². The van der Waals surface area contributed by atoms with E-state index in [1.807, 2.05) is 65.2 Å². The number of carbonyl (C=O) groups excluding carboxylic acids is 2. The summed E-state index contributed by atoms with van der Waals surface area (Å²) in [5.74, 6) is 0.916. The van der Waals surface area contributed by atoms with Gasteiger partial charge in [-0.05, 0) is 68.7 Å². The number of benzene rings is 1. The Labute approximate surface area is 180 Å². The number of nitrogens with zero attached hydrogens (tertiary/aromatic N) is 2. The Bertz CT molecular complexity index is 1040. The standard InChI is InChI=1S/C24H26N2O3S/c1-16-17(2)30-24(26-12-4-5-13-26)21(16)23(28)25-14-10-19(11-15-25)22(27)18-6-8-20(29-3)9-7-18/h4-9,12-13,19H,10-11,14-15H2,1-3H3. The summed E-state index contributed by atoms with van der Waals surface area (Å²) in [5.41, 5.74) is 2.54. The van der Waals surface area contributed by atoms with Gasteiger partial charge >= 0.3 is 0 Å². The van der Waals surface area contributed by atoms with Crippen LogP contribution in [0.25, 0.3) is 5.00 Å². The number of hydrogen-bond acceptors (Lipinski definition) is 4. The van der Waals surface area contributed by atoms with Crippen molar-refractivity contribution in [1.29, 1.82) is 0 Å². The van der Waals surface area contributed by atoms with Crippen molar-refractivity contribution in [2.24, 2.45) is 5.92 Å². The summed E-state index contributed by atoms with van der Waals surface area (Å²) in [6, 6.07) is 11.2. The Hall–Kier alpha value is -2.86. The van der Waals surface area contributed by atoms with Gasteiger partial charge in [0.25, 0.3) is 5.91 Å². The maximum Gasteiger partial charge on any atom is 0.257 e. The first kappa shape index (κ1) is 20.4. The number of Topliss-reactive ketones (excluding diaryl/α,β-unsaturated/α-hetero) is 1. The van der Waals surface area contributed by atoms with Crippen molar-refractivity contribution in [3.8, 4) is 10.8 Å². The molecule has 30 heavy (non-hydrogen) atoms. The van der Waals surface area contributed by atoms with E-state index in [9.17, 15) is 9.59 Å². The Morgan fingerprint density at radius 1 is 1.03 bits per heavy atom. The van der Waals surface area contributed by atoms with Gasteiger partial charge < -0.3 is 14.2 Å². The van der Waals surface area contributed by atoms with E-state index in [0.29, 0.717) is 31.5 Å². The van der Waals surface area contributed by atoms with E-state index in [1.165, 1.54) is 0 Å². The van der Waals surface area contributed by atoms with Gasteiger partial charge in [-0.1, -0.05) is 0 Å². The molecule has 1 aliphatic heterocycles. The van der Waals surface area contributed by atoms with Crippen LogP contribution in [0.5, 0.6) is 5.75 Å². The van der Waals surface area contributed by atoms with Gasteiger partial charge in [0.1, 0.15) is 10.8 Å². The van der Waals surface area contributed by atoms with Crippen molar-refractivity contribution in [2.75, 3.05) is 20.2 Å². The number of methoxy groups -OCH3 is 1. The molecule has 0 saturated carbocycles. The zero-order chi connectivity index (χ0) is 21.3. The van der Waals surface area contributed by atoms with E-state index >= 15 is 0 Å². The first-order chi connectivity index (χ1) is 14.5. The van der Waals surface area contributed by atoms with Gasteiger partial charge in [0.15, 0.2) is 5.78 Å². The van der Waals surface area contributed by atoms with Crippen molar-refractivity contribution in [2.45, 2.75) is 26.7 Å². The molecule has 156 valence electrons. The second-order valence-corrected chi connectivity index (χ2v) is 8.92. The fraction of sp³-hybridized carbons (Fsp3) is 0.333. The van der Waals surface area contributed by atoms with E-state index < -0.39 is 0 Å². The highest BCUT2D eigenvalue weighted by atomic mass is 32.1. The van der Waals surface area contributed by atoms with Gasteiger partial charge in [0.2, 0.25) is 0 Å². The summed E-state index contributed by atoms with van der Waals surface area (Å²) >= 11 is 1.65. The SMILES string of the molecule is COc1ccc(C(=O)C2CCN(C(=O)c3c(-n4cccc4)sc(C)c3C)CC2)cc1. The summed E-state index contributed by atoms with van der Waals surface area (Å²) < 4.78 is 7.18. The molecule has 0 atom stereocenters. The number of aryl methyl sites for hydroxylation is 1. The zero-order valence-corrected chi connectivity index (χ0v) is 18.4. The first-order valence-corrected chi connectivity index (χ1v) is 11.0. The molecule has 3 heterocycles. The minimum atomic E-state index is -0.0447. The van der Waals surface area contributed by atoms with Crippen LogP contribution in [0.2, 0.25) is 0 Å². The number of likely N-dealkylation sites (tertiary alicyclic amines) is 1. The fourth-order valence-electron chi connectivity index (χ4n) is 4.01. The van der Waals surface area contributed by atoms with Gasteiger partial charge in [-0.3, -0.25) is 9.59 Å². The zero-order valence-electron chi connectivity index (χ0n) is 17.6. The molecule has 0 unspecified atom stereocenters. The summed E-state index contributed by atoms with van der Waals surface area (Å²) in [7, 11) is 1.61. The fourth-order valence-corrected chi connectivity index (χ4v) is 5.12. The molecule has 3 aromatic rings. The normalized spacial score (nSPS) is 14.7. The van der Waals surface area contributed by atoms with Crippen LogP contribution in [-0.2, 0) is 0 Å². The molecule has 1 aliphatic rings. The highest BCUT2D eigenvalue weighted by Gasteiger charge is 2.31. The molecule has 0 spiro atoms. The van der Waals surface area contributed by atoms with Crippen LogP contribution < -0.4 is 4.74 Å². The number of carbonyl (C=O) groups is 2. The summed E-state index contributed by atoms with van der Waals surface area (Å²) in [6.07, 6.45) is 5.33. The van der Waals surface area contributed by atoms with Crippen molar-refractivity contribution < 1.29 is 14.3 Å². The lowest BCUT2D eigenvalue weighted by Gasteiger charge is -2.31. The maximum atomic E-state index is 13.4.